The molecule has 1 saturated heterocycles. The zero-order valence-electron chi connectivity index (χ0n) is 13.4. The van der Waals surface area contributed by atoms with Crippen molar-refractivity contribution in [3.8, 4) is 5.69 Å². The van der Waals surface area contributed by atoms with Crippen molar-refractivity contribution in [1.29, 1.82) is 0 Å². The van der Waals surface area contributed by atoms with Crippen LogP contribution in [0, 0.1) is 13.8 Å². The first-order valence-corrected chi connectivity index (χ1v) is 8.80. The molecule has 1 fully saturated rings. The topological polar surface area (TPSA) is 38.1 Å². The van der Waals surface area contributed by atoms with Gasteiger partial charge in [-0.05, 0) is 44.9 Å². The van der Waals surface area contributed by atoms with Crippen LogP contribution in [0.1, 0.15) is 33.8 Å². The van der Waals surface area contributed by atoms with Crippen LogP contribution in [0.25, 0.3) is 15.9 Å². The van der Waals surface area contributed by atoms with Gasteiger partial charge in [-0.25, -0.2) is 4.68 Å². The minimum atomic E-state index is 0.165. The minimum Gasteiger partial charge on any atom is -0.338 e. The fraction of sp³-hybridized carbons (Fsp3) is 0.333. The van der Waals surface area contributed by atoms with Crippen LogP contribution in [-0.4, -0.2) is 33.7 Å². The van der Waals surface area contributed by atoms with E-state index in [0.29, 0.717) is 0 Å². The van der Waals surface area contributed by atoms with E-state index in [-0.39, 0.29) is 5.91 Å². The SMILES string of the molecule is Cc1ccc(-n2nc(C)c3cc(C(=O)N4CCCC4)sc32)cc1. The molecular weight excluding hydrogens is 306 g/mol. The molecule has 0 N–H and O–H groups in total. The van der Waals surface area contributed by atoms with Crippen LogP contribution >= 0.6 is 11.3 Å². The normalized spacial score (nSPS) is 14.8. The Kier molecular flexibility index (Phi) is 3.45. The quantitative estimate of drug-likeness (QED) is 0.716. The van der Waals surface area contributed by atoms with Crippen LogP contribution in [0.4, 0.5) is 0 Å². The van der Waals surface area contributed by atoms with Crippen molar-refractivity contribution in [3.05, 3.63) is 46.5 Å². The molecule has 3 aromatic rings. The van der Waals surface area contributed by atoms with Gasteiger partial charge < -0.3 is 4.90 Å². The Morgan fingerprint density at radius 3 is 2.52 bits per heavy atom. The Hall–Kier alpha value is -2.14. The van der Waals surface area contributed by atoms with E-state index in [0.717, 1.165) is 52.4 Å². The molecule has 4 nitrogen and oxygen atoms in total. The summed E-state index contributed by atoms with van der Waals surface area (Å²) in [6, 6.07) is 10.3. The van der Waals surface area contributed by atoms with E-state index in [2.05, 4.69) is 36.3 Å². The lowest BCUT2D eigenvalue weighted by Crippen LogP contribution is -2.26. The molecule has 1 aliphatic rings. The number of aromatic nitrogens is 2. The van der Waals surface area contributed by atoms with Gasteiger partial charge in [0.25, 0.3) is 5.91 Å². The number of carbonyl (C=O) groups excluding carboxylic acids is 1. The predicted octanol–water partition coefficient (Wildman–Crippen LogP) is 3.94. The summed E-state index contributed by atoms with van der Waals surface area (Å²) in [6.07, 6.45) is 2.24. The van der Waals surface area contributed by atoms with Gasteiger partial charge in [0.1, 0.15) is 4.83 Å². The van der Waals surface area contributed by atoms with Gasteiger partial charge in [0, 0.05) is 18.5 Å². The van der Waals surface area contributed by atoms with Crippen molar-refractivity contribution in [2.75, 3.05) is 13.1 Å². The highest BCUT2D eigenvalue weighted by Crippen LogP contribution is 2.31. The van der Waals surface area contributed by atoms with Crippen LogP contribution in [0.15, 0.2) is 30.3 Å². The Labute approximate surface area is 139 Å². The Balaban J connectivity index is 1.78. The lowest BCUT2D eigenvalue weighted by Gasteiger charge is -2.13. The predicted molar refractivity (Wildman–Crippen MR) is 93.6 cm³/mol. The summed E-state index contributed by atoms with van der Waals surface area (Å²) >= 11 is 1.55. The second kappa shape index (κ2) is 5.49. The number of carbonyl (C=O) groups is 1. The first-order valence-electron chi connectivity index (χ1n) is 7.99. The van der Waals surface area contributed by atoms with Crippen LogP contribution in [0.2, 0.25) is 0 Å². The largest absolute Gasteiger partial charge is 0.338 e. The molecule has 3 heterocycles. The number of fused-ring (bicyclic) bond motifs is 1. The summed E-state index contributed by atoms with van der Waals surface area (Å²) in [5.41, 5.74) is 3.23. The van der Waals surface area contributed by atoms with Crippen LogP contribution in [0.3, 0.4) is 0 Å². The number of hydrogen-bond donors (Lipinski definition) is 0. The summed E-state index contributed by atoms with van der Waals surface area (Å²) in [5, 5.41) is 5.73. The molecule has 0 bridgehead atoms. The third-order valence-electron chi connectivity index (χ3n) is 4.43. The molecule has 0 unspecified atom stereocenters. The second-order valence-corrected chi connectivity index (χ2v) is 7.19. The monoisotopic (exact) mass is 325 g/mol. The molecule has 2 aromatic heterocycles. The highest BCUT2D eigenvalue weighted by Gasteiger charge is 2.23. The third kappa shape index (κ3) is 2.45. The van der Waals surface area contributed by atoms with E-state index in [1.807, 2.05) is 22.6 Å². The van der Waals surface area contributed by atoms with Gasteiger partial charge in [-0.3, -0.25) is 4.79 Å². The maximum atomic E-state index is 12.6. The zero-order chi connectivity index (χ0) is 16.0. The average Bonchev–Trinajstić information content (AvgIpc) is 3.26. The molecule has 0 atom stereocenters. The molecule has 0 aliphatic carbocycles. The van der Waals surface area contributed by atoms with Crippen LogP contribution < -0.4 is 0 Å². The number of hydrogen-bond acceptors (Lipinski definition) is 3. The van der Waals surface area contributed by atoms with Crippen molar-refractivity contribution in [2.45, 2.75) is 26.7 Å². The maximum absolute atomic E-state index is 12.6. The standard InChI is InChI=1S/C18H19N3OS/c1-12-5-7-14(8-6-12)21-18-15(13(2)19-21)11-16(23-18)17(22)20-9-3-4-10-20/h5-8,11H,3-4,9-10H2,1-2H3. The van der Waals surface area contributed by atoms with Crippen molar-refractivity contribution in [1.82, 2.24) is 14.7 Å². The lowest BCUT2D eigenvalue weighted by atomic mass is 10.2. The molecule has 1 amide bonds. The van der Waals surface area contributed by atoms with Gasteiger partial charge >= 0.3 is 0 Å². The van der Waals surface area contributed by atoms with Crippen molar-refractivity contribution < 1.29 is 4.79 Å². The first-order chi connectivity index (χ1) is 11.1. The van der Waals surface area contributed by atoms with Crippen molar-refractivity contribution >= 4 is 27.5 Å². The highest BCUT2D eigenvalue weighted by atomic mass is 32.1. The van der Waals surface area contributed by atoms with E-state index in [1.165, 1.54) is 5.56 Å². The lowest BCUT2D eigenvalue weighted by molar-refractivity contribution is 0.0797. The number of thiophene rings is 1. The molecule has 1 aliphatic heterocycles. The van der Waals surface area contributed by atoms with Crippen LogP contribution in [-0.2, 0) is 0 Å². The average molecular weight is 325 g/mol. The number of nitrogens with zero attached hydrogens (tertiary/aromatic N) is 3. The molecular formula is C18H19N3OS. The zero-order valence-corrected chi connectivity index (χ0v) is 14.2. The molecule has 23 heavy (non-hydrogen) atoms. The van der Waals surface area contributed by atoms with Crippen molar-refractivity contribution in [2.24, 2.45) is 0 Å². The van der Waals surface area contributed by atoms with Gasteiger partial charge in [0.05, 0.1) is 16.3 Å². The minimum absolute atomic E-state index is 0.165. The highest BCUT2D eigenvalue weighted by molar-refractivity contribution is 7.20. The van der Waals surface area contributed by atoms with Gasteiger partial charge in [0.15, 0.2) is 0 Å². The van der Waals surface area contributed by atoms with E-state index < -0.39 is 0 Å². The summed E-state index contributed by atoms with van der Waals surface area (Å²) in [7, 11) is 0. The van der Waals surface area contributed by atoms with Gasteiger partial charge in [-0.1, -0.05) is 17.7 Å². The Morgan fingerprint density at radius 1 is 1.13 bits per heavy atom. The second-order valence-electron chi connectivity index (χ2n) is 6.16. The molecule has 0 radical (unpaired) electrons. The smallest absolute Gasteiger partial charge is 0.264 e. The van der Waals surface area contributed by atoms with Gasteiger partial charge in [-0.2, -0.15) is 5.10 Å². The summed E-state index contributed by atoms with van der Waals surface area (Å²) in [4.78, 5) is 16.5. The Morgan fingerprint density at radius 2 is 1.83 bits per heavy atom. The van der Waals surface area contributed by atoms with Gasteiger partial charge in [0.2, 0.25) is 0 Å². The van der Waals surface area contributed by atoms with E-state index >= 15 is 0 Å². The number of likely N-dealkylation sites (tertiary alicyclic amines) is 1. The van der Waals surface area contributed by atoms with E-state index in [4.69, 9.17) is 0 Å². The third-order valence-corrected chi connectivity index (χ3v) is 5.53. The van der Waals surface area contributed by atoms with Gasteiger partial charge in [-0.15, -0.1) is 11.3 Å². The maximum Gasteiger partial charge on any atom is 0.264 e. The molecule has 5 heteroatoms. The number of aryl methyl sites for hydroxylation is 2. The summed E-state index contributed by atoms with van der Waals surface area (Å²) in [6.45, 7) is 5.85. The Bertz CT molecular complexity index is 870. The molecule has 0 saturated carbocycles. The fourth-order valence-electron chi connectivity index (χ4n) is 3.09. The number of benzene rings is 1. The summed E-state index contributed by atoms with van der Waals surface area (Å²) in [5.74, 6) is 0.165. The molecule has 118 valence electrons. The molecule has 1 aromatic carbocycles. The van der Waals surface area contributed by atoms with E-state index in [9.17, 15) is 4.79 Å². The number of rotatable bonds is 2. The summed E-state index contributed by atoms with van der Waals surface area (Å²) < 4.78 is 1.95. The van der Waals surface area contributed by atoms with Crippen LogP contribution in [0.5, 0.6) is 0 Å². The fourth-order valence-corrected chi connectivity index (χ4v) is 4.24. The number of amides is 1. The molecule has 4 rings (SSSR count). The van der Waals surface area contributed by atoms with Crippen molar-refractivity contribution in [3.63, 3.8) is 0 Å². The van der Waals surface area contributed by atoms with E-state index in [1.54, 1.807) is 11.3 Å². The first kappa shape index (κ1) is 14.5. The molecule has 0 spiro atoms.